The largest absolute Gasteiger partial charge is 0.494 e. The lowest BCUT2D eigenvalue weighted by atomic mass is 10.2. The molecule has 0 bridgehead atoms. The molecule has 7 nitrogen and oxygen atoms in total. The van der Waals surface area contributed by atoms with Gasteiger partial charge in [0.05, 0.1) is 24.8 Å². The number of aromatic nitrogens is 1. The third kappa shape index (κ3) is 4.99. The van der Waals surface area contributed by atoms with Gasteiger partial charge in [-0.15, -0.1) is 0 Å². The Hall–Kier alpha value is -2.24. The average molecular weight is 445 g/mol. The van der Waals surface area contributed by atoms with Crippen molar-refractivity contribution in [3.63, 3.8) is 0 Å². The number of nitrogens with zero attached hydrogens (tertiary/aromatic N) is 4. The molecular weight excluding hydrogens is 411 g/mol. The second kappa shape index (κ2) is 9.92. The SMILES string of the molecule is CCOc1ccc(N=P(c2ccncc2)(N2CCCCCC2)C(C)(C)C)c([N+](=O)[O-])c1. The highest BCUT2D eigenvalue weighted by Gasteiger charge is 2.41. The summed E-state index contributed by atoms with van der Waals surface area (Å²) in [5, 5.41) is 12.9. The number of nitro groups is 1. The van der Waals surface area contributed by atoms with Gasteiger partial charge in [-0.2, -0.15) is 0 Å². The summed E-state index contributed by atoms with van der Waals surface area (Å²) in [7, 11) is -2.38. The van der Waals surface area contributed by atoms with Crippen molar-refractivity contribution in [3.05, 3.63) is 52.8 Å². The molecule has 0 spiro atoms. The van der Waals surface area contributed by atoms with Crippen molar-refractivity contribution >= 4 is 23.9 Å². The first-order valence-corrected chi connectivity index (χ1v) is 12.7. The summed E-state index contributed by atoms with van der Waals surface area (Å²) < 4.78 is 13.4. The molecule has 0 saturated carbocycles. The van der Waals surface area contributed by atoms with E-state index in [2.05, 4.69) is 30.4 Å². The highest BCUT2D eigenvalue weighted by Crippen LogP contribution is 2.65. The number of benzene rings is 1. The summed E-state index contributed by atoms with van der Waals surface area (Å²) in [4.78, 5) is 15.8. The van der Waals surface area contributed by atoms with Crippen molar-refractivity contribution in [3.8, 4) is 5.75 Å². The number of hydrogen-bond donors (Lipinski definition) is 0. The van der Waals surface area contributed by atoms with Gasteiger partial charge in [-0.3, -0.25) is 19.8 Å². The number of nitro benzene ring substituents is 1. The number of ether oxygens (including phenoxy) is 1. The van der Waals surface area contributed by atoms with E-state index in [0.29, 0.717) is 18.0 Å². The van der Waals surface area contributed by atoms with Crippen LogP contribution in [-0.2, 0) is 0 Å². The van der Waals surface area contributed by atoms with Gasteiger partial charge in [-0.1, -0.05) is 33.6 Å². The van der Waals surface area contributed by atoms with Gasteiger partial charge in [0.25, 0.3) is 5.69 Å². The number of rotatable bonds is 6. The van der Waals surface area contributed by atoms with Gasteiger partial charge in [0.15, 0.2) is 0 Å². The molecular formula is C23H33N4O3P. The molecule has 168 valence electrons. The molecule has 1 fully saturated rings. The molecule has 2 heterocycles. The van der Waals surface area contributed by atoms with E-state index in [-0.39, 0.29) is 15.8 Å². The second-order valence-corrected chi connectivity index (χ2v) is 12.6. The zero-order valence-electron chi connectivity index (χ0n) is 19.0. The molecule has 1 aliphatic heterocycles. The van der Waals surface area contributed by atoms with Crippen molar-refractivity contribution in [2.45, 2.75) is 58.5 Å². The van der Waals surface area contributed by atoms with Crippen molar-refractivity contribution in [2.75, 3.05) is 19.7 Å². The molecule has 3 rings (SSSR count). The fraction of sp³-hybridized carbons (Fsp3) is 0.522. The van der Waals surface area contributed by atoms with E-state index in [1.807, 2.05) is 19.1 Å². The van der Waals surface area contributed by atoms with E-state index in [4.69, 9.17) is 9.48 Å². The van der Waals surface area contributed by atoms with E-state index in [0.717, 1.165) is 31.2 Å². The first-order chi connectivity index (χ1) is 14.8. The maximum Gasteiger partial charge on any atom is 0.298 e. The Morgan fingerprint density at radius 3 is 2.32 bits per heavy atom. The molecule has 8 heteroatoms. The first-order valence-electron chi connectivity index (χ1n) is 11.0. The van der Waals surface area contributed by atoms with Crippen molar-refractivity contribution in [2.24, 2.45) is 4.74 Å². The van der Waals surface area contributed by atoms with Gasteiger partial charge in [0, 0.05) is 35.9 Å². The lowest BCUT2D eigenvalue weighted by molar-refractivity contribution is -0.384. The van der Waals surface area contributed by atoms with Crippen LogP contribution in [0.4, 0.5) is 11.4 Å². The smallest absolute Gasteiger partial charge is 0.298 e. The minimum absolute atomic E-state index is 0.0107. The fourth-order valence-electron chi connectivity index (χ4n) is 4.29. The van der Waals surface area contributed by atoms with Crippen LogP contribution in [0.2, 0.25) is 0 Å². The first kappa shape index (κ1) is 23.4. The Balaban J connectivity index is 2.33. The molecule has 0 radical (unpaired) electrons. The van der Waals surface area contributed by atoms with Crippen LogP contribution in [0, 0.1) is 10.1 Å². The van der Waals surface area contributed by atoms with E-state index in [1.165, 1.54) is 18.9 Å². The molecule has 1 aliphatic rings. The van der Waals surface area contributed by atoms with Crippen molar-refractivity contribution in [1.82, 2.24) is 9.65 Å². The van der Waals surface area contributed by atoms with Gasteiger partial charge >= 0.3 is 0 Å². The zero-order valence-corrected chi connectivity index (χ0v) is 19.8. The van der Waals surface area contributed by atoms with E-state index < -0.39 is 7.21 Å². The number of hydrogen-bond acceptors (Lipinski definition) is 5. The third-order valence-electron chi connectivity index (χ3n) is 5.66. The van der Waals surface area contributed by atoms with Gasteiger partial charge in [0.2, 0.25) is 0 Å². The molecule has 0 amide bonds. The maximum atomic E-state index is 12.0. The normalized spacial score (nSPS) is 17.4. The topological polar surface area (TPSA) is 80.9 Å². The lowest BCUT2D eigenvalue weighted by Crippen LogP contribution is -2.37. The Morgan fingerprint density at radius 2 is 1.77 bits per heavy atom. The fourth-order valence-corrected chi connectivity index (χ4v) is 8.67. The minimum Gasteiger partial charge on any atom is -0.494 e. The van der Waals surface area contributed by atoms with E-state index in [1.54, 1.807) is 24.5 Å². The molecule has 31 heavy (non-hydrogen) atoms. The molecule has 1 aromatic carbocycles. The van der Waals surface area contributed by atoms with Gasteiger partial charge < -0.3 is 4.74 Å². The van der Waals surface area contributed by atoms with Crippen LogP contribution in [0.3, 0.4) is 0 Å². The molecule has 0 aliphatic carbocycles. The summed E-state index contributed by atoms with van der Waals surface area (Å²) in [6.45, 7) is 10.8. The van der Waals surface area contributed by atoms with Crippen LogP contribution < -0.4 is 10.0 Å². The van der Waals surface area contributed by atoms with E-state index >= 15 is 0 Å². The highest BCUT2D eigenvalue weighted by molar-refractivity contribution is 7.73. The lowest BCUT2D eigenvalue weighted by Gasteiger charge is -2.45. The molecule has 1 atom stereocenters. The Bertz CT molecular complexity index is 949. The predicted octanol–water partition coefficient (Wildman–Crippen LogP) is 6.14. The third-order valence-corrected chi connectivity index (χ3v) is 10.3. The Labute approximate surface area is 185 Å². The zero-order chi connectivity index (χ0) is 22.5. The summed E-state index contributed by atoms with van der Waals surface area (Å²) in [5.74, 6) is 0.492. The van der Waals surface area contributed by atoms with Crippen LogP contribution in [0.1, 0.15) is 53.4 Å². The van der Waals surface area contributed by atoms with Crippen molar-refractivity contribution < 1.29 is 9.66 Å². The molecule has 1 aromatic heterocycles. The van der Waals surface area contributed by atoms with Crippen LogP contribution in [-0.4, -0.2) is 39.4 Å². The van der Waals surface area contributed by atoms with Crippen LogP contribution in [0.15, 0.2) is 47.5 Å². The standard InChI is InChI=1S/C23H33N4O3P/c1-5-30-19-10-11-21(22(18-19)27(28)29)25-31(23(2,3)4,20-12-14-24-15-13-20)26-16-8-6-7-9-17-26/h10-15,18H,5-9,16-17H2,1-4H3. The molecule has 1 saturated heterocycles. The van der Waals surface area contributed by atoms with Gasteiger partial charge in [-0.25, -0.2) is 4.74 Å². The molecule has 1 unspecified atom stereocenters. The average Bonchev–Trinajstić information content (AvgIpc) is 3.02. The minimum atomic E-state index is -2.38. The highest BCUT2D eigenvalue weighted by atomic mass is 31.2. The molecule has 0 N–H and O–H groups in total. The van der Waals surface area contributed by atoms with E-state index in [9.17, 15) is 10.1 Å². The van der Waals surface area contributed by atoms with Gasteiger partial charge in [0.1, 0.15) is 11.4 Å². The summed E-state index contributed by atoms with van der Waals surface area (Å²) in [5.41, 5.74) is 0.404. The Morgan fingerprint density at radius 1 is 1.13 bits per heavy atom. The van der Waals surface area contributed by atoms with Crippen LogP contribution in [0.5, 0.6) is 5.75 Å². The maximum absolute atomic E-state index is 12.0. The summed E-state index contributed by atoms with van der Waals surface area (Å²) >= 11 is 0. The van der Waals surface area contributed by atoms with Gasteiger partial charge in [-0.05, 0) is 44.0 Å². The second-order valence-electron chi connectivity index (χ2n) is 8.79. The van der Waals surface area contributed by atoms with Crippen molar-refractivity contribution in [1.29, 1.82) is 0 Å². The van der Waals surface area contributed by atoms with Crippen LogP contribution in [0.25, 0.3) is 0 Å². The predicted molar refractivity (Wildman–Crippen MR) is 127 cm³/mol. The molecule has 2 aromatic rings. The summed E-state index contributed by atoms with van der Waals surface area (Å²) in [6, 6.07) is 9.08. The summed E-state index contributed by atoms with van der Waals surface area (Å²) in [6.07, 6.45) is 8.25. The quantitative estimate of drug-likeness (QED) is 0.304. The Kier molecular flexibility index (Phi) is 7.50. The monoisotopic (exact) mass is 444 g/mol. The van der Waals surface area contributed by atoms with Crippen LogP contribution >= 0.6 is 7.21 Å². The number of pyridine rings is 1.